The second-order valence-electron chi connectivity index (χ2n) is 8.33. The fourth-order valence-corrected chi connectivity index (χ4v) is 4.02. The number of fused-ring (bicyclic) bond motifs is 1. The highest BCUT2D eigenvalue weighted by atomic mass is 19.1. The molecular formula is C24H17F2N9O. The van der Waals surface area contributed by atoms with Crippen molar-refractivity contribution in [1.29, 1.82) is 5.26 Å². The number of nitrogens with zero attached hydrogens (tertiary/aromatic N) is 8. The summed E-state index contributed by atoms with van der Waals surface area (Å²) in [6.07, 6.45) is 6.68. The van der Waals surface area contributed by atoms with Crippen molar-refractivity contribution in [2.24, 2.45) is 0 Å². The van der Waals surface area contributed by atoms with E-state index in [0.29, 0.717) is 33.7 Å². The molecule has 36 heavy (non-hydrogen) atoms. The first-order chi connectivity index (χ1) is 17.5. The Labute approximate surface area is 202 Å². The third kappa shape index (κ3) is 3.76. The number of anilines is 1. The largest absolute Gasteiger partial charge is 0.474 e. The number of rotatable bonds is 6. The molecule has 4 aromatic heterocycles. The minimum absolute atomic E-state index is 0.0415. The van der Waals surface area contributed by atoms with Gasteiger partial charge in [-0.1, -0.05) is 5.21 Å². The minimum atomic E-state index is -0.778. The molecule has 1 saturated carbocycles. The van der Waals surface area contributed by atoms with Gasteiger partial charge in [-0.25, -0.2) is 28.4 Å². The van der Waals surface area contributed by atoms with Crippen LogP contribution in [-0.2, 0) is 6.54 Å². The zero-order chi connectivity index (χ0) is 24.8. The topological polar surface area (TPSA) is 133 Å². The molecule has 4 heterocycles. The highest BCUT2D eigenvalue weighted by Gasteiger charge is 2.25. The smallest absolute Gasteiger partial charge is 0.213 e. The van der Waals surface area contributed by atoms with Crippen molar-refractivity contribution in [3.05, 3.63) is 72.1 Å². The van der Waals surface area contributed by atoms with Crippen LogP contribution < -0.4 is 10.5 Å². The van der Waals surface area contributed by atoms with E-state index in [1.54, 1.807) is 16.8 Å². The van der Waals surface area contributed by atoms with Gasteiger partial charge >= 0.3 is 0 Å². The molecule has 0 unspecified atom stereocenters. The molecule has 0 amide bonds. The van der Waals surface area contributed by atoms with Crippen molar-refractivity contribution in [3.63, 3.8) is 0 Å². The first-order valence-corrected chi connectivity index (χ1v) is 11.0. The number of nitrogen functional groups attached to an aromatic ring is 1. The van der Waals surface area contributed by atoms with Crippen LogP contribution in [0.1, 0.15) is 24.2 Å². The summed E-state index contributed by atoms with van der Waals surface area (Å²) in [4.78, 5) is 12.9. The molecule has 1 aromatic carbocycles. The third-order valence-corrected chi connectivity index (χ3v) is 5.83. The Morgan fingerprint density at radius 2 is 2.00 bits per heavy atom. The molecule has 178 valence electrons. The summed E-state index contributed by atoms with van der Waals surface area (Å²) in [5.74, 6) is -0.751. The highest BCUT2D eigenvalue weighted by molar-refractivity contribution is 6.03. The molecule has 2 N–H and O–H groups in total. The SMILES string of the molecule is N#Cc1c(-c2ccc(OC3CC3)nc2)c2c(N)ncnc2n1Cc1cn(-c2ccc(F)cc2F)nn1. The predicted octanol–water partition coefficient (Wildman–Crippen LogP) is 3.40. The number of benzene rings is 1. The van der Waals surface area contributed by atoms with Crippen LogP contribution in [0.5, 0.6) is 5.88 Å². The van der Waals surface area contributed by atoms with E-state index >= 15 is 0 Å². The van der Waals surface area contributed by atoms with Gasteiger partial charge in [0.25, 0.3) is 0 Å². The van der Waals surface area contributed by atoms with Crippen molar-refractivity contribution in [2.45, 2.75) is 25.5 Å². The van der Waals surface area contributed by atoms with Crippen molar-refractivity contribution in [3.8, 4) is 28.8 Å². The van der Waals surface area contributed by atoms with Gasteiger partial charge in [-0.3, -0.25) is 0 Å². The number of aromatic nitrogens is 7. The Morgan fingerprint density at radius 1 is 1.14 bits per heavy atom. The van der Waals surface area contributed by atoms with Gasteiger partial charge in [0.15, 0.2) is 5.82 Å². The molecule has 5 aromatic rings. The molecule has 0 saturated heterocycles. The fraction of sp³-hybridized carbons (Fsp3) is 0.167. The van der Waals surface area contributed by atoms with Gasteiger partial charge in [0.1, 0.15) is 52.9 Å². The van der Waals surface area contributed by atoms with Gasteiger partial charge in [0, 0.05) is 29.5 Å². The molecule has 12 heteroatoms. The molecule has 0 atom stereocenters. The number of pyridine rings is 1. The second-order valence-corrected chi connectivity index (χ2v) is 8.33. The molecule has 0 radical (unpaired) electrons. The van der Waals surface area contributed by atoms with Crippen LogP contribution in [0.2, 0.25) is 0 Å². The van der Waals surface area contributed by atoms with Crippen LogP contribution >= 0.6 is 0 Å². The maximum absolute atomic E-state index is 14.2. The van der Waals surface area contributed by atoms with Crippen molar-refractivity contribution >= 4 is 16.9 Å². The first-order valence-electron chi connectivity index (χ1n) is 11.0. The van der Waals surface area contributed by atoms with Gasteiger partial charge in [0.05, 0.1) is 18.1 Å². The number of ether oxygens (including phenoxy) is 1. The van der Waals surface area contributed by atoms with Crippen LogP contribution in [0.4, 0.5) is 14.6 Å². The first kappa shape index (κ1) is 21.6. The lowest BCUT2D eigenvalue weighted by Crippen LogP contribution is -2.04. The summed E-state index contributed by atoms with van der Waals surface area (Å²) < 4.78 is 36.1. The summed E-state index contributed by atoms with van der Waals surface area (Å²) in [5, 5.41) is 18.7. The van der Waals surface area contributed by atoms with Crippen molar-refractivity contribution < 1.29 is 13.5 Å². The number of hydrogen-bond donors (Lipinski definition) is 1. The average molecular weight is 485 g/mol. The van der Waals surface area contributed by atoms with E-state index in [1.165, 1.54) is 23.3 Å². The summed E-state index contributed by atoms with van der Waals surface area (Å²) in [6.45, 7) is 0.0922. The van der Waals surface area contributed by atoms with Gasteiger partial charge in [-0.05, 0) is 31.0 Å². The summed E-state index contributed by atoms with van der Waals surface area (Å²) >= 11 is 0. The average Bonchev–Trinajstić information content (AvgIpc) is 3.46. The van der Waals surface area contributed by atoms with E-state index in [4.69, 9.17) is 10.5 Å². The molecule has 1 aliphatic rings. The molecule has 6 rings (SSSR count). The normalized spacial score (nSPS) is 13.1. The molecule has 0 spiro atoms. The Bertz CT molecular complexity index is 1650. The van der Waals surface area contributed by atoms with Crippen molar-refractivity contribution in [2.75, 3.05) is 5.73 Å². The quantitative estimate of drug-likeness (QED) is 0.387. The zero-order valence-corrected chi connectivity index (χ0v) is 18.6. The summed E-state index contributed by atoms with van der Waals surface area (Å²) in [7, 11) is 0. The van der Waals surface area contributed by atoms with E-state index in [0.717, 1.165) is 25.0 Å². The van der Waals surface area contributed by atoms with Crippen LogP contribution in [-0.4, -0.2) is 40.6 Å². The lowest BCUT2D eigenvalue weighted by molar-refractivity contribution is 0.291. The number of nitrogens with two attached hydrogens (primary N) is 1. The third-order valence-electron chi connectivity index (χ3n) is 5.83. The maximum Gasteiger partial charge on any atom is 0.213 e. The Balaban J connectivity index is 1.42. The zero-order valence-electron chi connectivity index (χ0n) is 18.6. The molecule has 1 fully saturated rings. The molecule has 0 bridgehead atoms. The lowest BCUT2D eigenvalue weighted by Gasteiger charge is -2.06. The number of nitriles is 1. The van der Waals surface area contributed by atoms with Gasteiger partial charge < -0.3 is 15.0 Å². The van der Waals surface area contributed by atoms with Crippen LogP contribution in [0.25, 0.3) is 27.8 Å². The van der Waals surface area contributed by atoms with Crippen LogP contribution in [0.3, 0.4) is 0 Å². The van der Waals surface area contributed by atoms with E-state index < -0.39 is 11.6 Å². The van der Waals surface area contributed by atoms with Crippen LogP contribution in [0.15, 0.2) is 49.1 Å². The van der Waals surface area contributed by atoms with E-state index in [-0.39, 0.29) is 29.8 Å². The monoisotopic (exact) mass is 485 g/mol. The fourth-order valence-electron chi connectivity index (χ4n) is 4.02. The highest BCUT2D eigenvalue weighted by Crippen LogP contribution is 2.37. The molecular weight excluding hydrogens is 468 g/mol. The Morgan fingerprint density at radius 3 is 2.72 bits per heavy atom. The van der Waals surface area contributed by atoms with E-state index in [9.17, 15) is 14.0 Å². The standard InChI is InChI=1S/C24H17F2N9O/c25-14-2-5-18(17(26)7-14)35-11-15(32-33-35)10-34-19(8-27)21(22-23(28)30-12-31-24(22)34)13-1-6-20(29-9-13)36-16-3-4-16/h1-2,5-7,9,11-12,16H,3-4,10H2,(H2,28,30,31). The Kier molecular flexibility index (Phi) is 5.03. The van der Waals surface area contributed by atoms with E-state index in [2.05, 4.69) is 31.3 Å². The summed E-state index contributed by atoms with van der Waals surface area (Å²) in [6, 6.07) is 8.97. The van der Waals surface area contributed by atoms with Crippen LogP contribution in [0, 0.1) is 23.0 Å². The number of halogens is 2. The van der Waals surface area contributed by atoms with Gasteiger partial charge in [0.2, 0.25) is 5.88 Å². The lowest BCUT2D eigenvalue weighted by atomic mass is 10.1. The maximum atomic E-state index is 14.2. The van der Waals surface area contributed by atoms with Crippen molar-refractivity contribution in [1.82, 2.24) is 34.5 Å². The summed E-state index contributed by atoms with van der Waals surface area (Å²) in [5.41, 5.74) is 8.56. The molecule has 10 nitrogen and oxygen atoms in total. The minimum Gasteiger partial charge on any atom is -0.474 e. The number of hydrogen-bond acceptors (Lipinski definition) is 8. The predicted molar refractivity (Wildman–Crippen MR) is 124 cm³/mol. The van der Waals surface area contributed by atoms with Gasteiger partial charge in [-0.15, -0.1) is 5.10 Å². The molecule has 0 aliphatic heterocycles. The molecule has 1 aliphatic carbocycles. The van der Waals surface area contributed by atoms with Gasteiger partial charge in [-0.2, -0.15) is 5.26 Å². The van der Waals surface area contributed by atoms with E-state index in [1.807, 2.05) is 6.07 Å². The second kappa shape index (κ2) is 8.38. The Hall–Kier alpha value is -4.92.